The van der Waals surface area contributed by atoms with Crippen molar-refractivity contribution in [2.45, 2.75) is 26.7 Å². The number of guanidine groups is 1. The van der Waals surface area contributed by atoms with Crippen LogP contribution in [0.4, 0.5) is 0 Å². The van der Waals surface area contributed by atoms with Gasteiger partial charge in [0.1, 0.15) is 5.75 Å². The summed E-state index contributed by atoms with van der Waals surface area (Å²) in [5.74, 6) is 1.76. The fourth-order valence-electron chi connectivity index (χ4n) is 2.03. The molecule has 0 bridgehead atoms. The molecule has 0 aliphatic carbocycles. The maximum atomic E-state index is 5.31. The second-order valence-corrected chi connectivity index (χ2v) is 4.84. The number of hydrogen-bond acceptors (Lipinski definition) is 3. The van der Waals surface area contributed by atoms with Crippen LogP contribution in [0.2, 0.25) is 0 Å². The van der Waals surface area contributed by atoms with Gasteiger partial charge in [0.05, 0.1) is 13.7 Å². The number of hydrogen-bond donors (Lipinski definition) is 2. The smallest absolute Gasteiger partial charge is 0.191 e. The molecule has 0 aromatic heterocycles. The Morgan fingerprint density at radius 3 is 2.82 bits per heavy atom. The van der Waals surface area contributed by atoms with Crippen molar-refractivity contribution in [3.8, 4) is 5.75 Å². The van der Waals surface area contributed by atoms with Crippen molar-refractivity contribution in [1.29, 1.82) is 0 Å². The normalized spacial score (nSPS) is 11.3. The van der Waals surface area contributed by atoms with E-state index in [2.05, 4.69) is 34.7 Å². The Hall–Kier alpha value is -1.75. The highest BCUT2D eigenvalue weighted by Crippen LogP contribution is 2.13. The van der Waals surface area contributed by atoms with Crippen molar-refractivity contribution in [1.82, 2.24) is 10.6 Å². The summed E-state index contributed by atoms with van der Waals surface area (Å²) in [5.41, 5.74) is 1.28. The van der Waals surface area contributed by atoms with Crippen molar-refractivity contribution in [2.75, 3.05) is 40.0 Å². The molecule has 0 aliphatic heterocycles. The molecule has 124 valence electrons. The maximum absolute atomic E-state index is 5.31. The van der Waals surface area contributed by atoms with Crippen molar-refractivity contribution in [2.24, 2.45) is 4.99 Å². The van der Waals surface area contributed by atoms with Crippen molar-refractivity contribution in [3.05, 3.63) is 29.8 Å². The maximum Gasteiger partial charge on any atom is 0.191 e. The molecule has 0 saturated carbocycles. The van der Waals surface area contributed by atoms with Gasteiger partial charge in [-0.2, -0.15) is 0 Å². The molecule has 5 heteroatoms. The number of nitrogens with zero attached hydrogens (tertiary/aromatic N) is 1. The van der Waals surface area contributed by atoms with E-state index in [0.29, 0.717) is 6.61 Å². The second kappa shape index (κ2) is 11.9. The highest BCUT2D eigenvalue weighted by atomic mass is 16.5. The topological polar surface area (TPSA) is 54.9 Å². The van der Waals surface area contributed by atoms with E-state index in [9.17, 15) is 0 Å². The Balaban J connectivity index is 2.32. The molecule has 0 unspecified atom stereocenters. The number of methoxy groups -OCH3 is 1. The van der Waals surface area contributed by atoms with E-state index in [1.54, 1.807) is 7.11 Å². The fraction of sp³-hybridized carbons (Fsp3) is 0.588. The van der Waals surface area contributed by atoms with E-state index < -0.39 is 0 Å². The van der Waals surface area contributed by atoms with E-state index >= 15 is 0 Å². The van der Waals surface area contributed by atoms with Crippen molar-refractivity contribution in [3.63, 3.8) is 0 Å². The zero-order valence-electron chi connectivity index (χ0n) is 14.0. The number of aryl methyl sites for hydroxylation is 1. The Labute approximate surface area is 134 Å². The predicted molar refractivity (Wildman–Crippen MR) is 91.8 cm³/mol. The van der Waals surface area contributed by atoms with Gasteiger partial charge in [-0.15, -0.1) is 0 Å². The molecule has 22 heavy (non-hydrogen) atoms. The Morgan fingerprint density at radius 2 is 2.09 bits per heavy atom. The third-order valence-electron chi connectivity index (χ3n) is 3.11. The Kier molecular flexibility index (Phi) is 9.87. The van der Waals surface area contributed by atoms with E-state index in [-0.39, 0.29) is 0 Å². The predicted octanol–water partition coefficient (Wildman–Crippen LogP) is 2.22. The zero-order chi connectivity index (χ0) is 16.0. The Bertz CT molecular complexity index is 436. The van der Waals surface area contributed by atoms with Crippen LogP contribution in [0.5, 0.6) is 5.75 Å². The zero-order valence-corrected chi connectivity index (χ0v) is 14.0. The van der Waals surface area contributed by atoms with Gasteiger partial charge in [-0.05, 0) is 44.4 Å². The van der Waals surface area contributed by atoms with Gasteiger partial charge < -0.3 is 20.1 Å². The number of nitrogens with one attached hydrogen (secondary N) is 2. The summed E-state index contributed by atoms with van der Waals surface area (Å²) >= 11 is 0. The highest BCUT2D eigenvalue weighted by molar-refractivity contribution is 5.79. The number of aliphatic imine (C=N–C) groups is 1. The molecule has 1 aromatic carbocycles. The van der Waals surface area contributed by atoms with Crippen LogP contribution in [0.25, 0.3) is 0 Å². The number of benzene rings is 1. The van der Waals surface area contributed by atoms with Gasteiger partial charge in [0.15, 0.2) is 5.96 Å². The molecule has 1 aromatic rings. The van der Waals surface area contributed by atoms with Crippen molar-refractivity contribution < 1.29 is 9.47 Å². The summed E-state index contributed by atoms with van der Waals surface area (Å²) < 4.78 is 10.5. The molecular weight excluding hydrogens is 278 g/mol. The SMILES string of the molecule is CCNC(=NCCCc1cccc(OC)c1)NCCOCC. The lowest BCUT2D eigenvalue weighted by Gasteiger charge is -2.11. The quantitative estimate of drug-likeness (QED) is 0.395. The lowest BCUT2D eigenvalue weighted by atomic mass is 10.1. The Morgan fingerprint density at radius 1 is 1.23 bits per heavy atom. The van der Waals surface area contributed by atoms with E-state index in [4.69, 9.17) is 9.47 Å². The summed E-state index contributed by atoms with van der Waals surface area (Å²) in [4.78, 5) is 4.58. The van der Waals surface area contributed by atoms with Crippen LogP contribution in [0.15, 0.2) is 29.3 Å². The van der Waals surface area contributed by atoms with E-state index in [0.717, 1.165) is 50.8 Å². The van der Waals surface area contributed by atoms with Gasteiger partial charge in [0.25, 0.3) is 0 Å². The summed E-state index contributed by atoms with van der Waals surface area (Å²) in [6.07, 6.45) is 2.01. The fourth-order valence-corrected chi connectivity index (χ4v) is 2.03. The van der Waals surface area contributed by atoms with Crippen molar-refractivity contribution >= 4 is 5.96 Å². The largest absolute Gasteiger partial charge is 0.497 e. The molecule has 0 aliphatic rings. The molecule has 0 radical (unpaired) electrons. The first-order valence-electron chi connectivity index (χ1n) is 8.03. The molecule has 5 nitrogen and oxygen atoms in total. The van der Waals surface area contributed by atoms with Crippen LogP contribution < -0.4 is 15.4 Å². The molecule has 0 amide bonds. The first-order valence-corrected chi connectivity index (χ1v) is 8.03. The van der Waals surface area contributed by atoms with E-state index in [1.165, 1.54) is 5.56 Å². The second-order valence-electron chi connectivity index (χ2n) is 4.84. The third kappa shape index (κ3) is 7.88. The van der Waals surface area contributed by atoms with Gasteiger partial charge in [0.2, 0.25) is 0 Å². The molecular formula is C17H29N3O2. The summed E-state index contributed by atoms with van der Waals surface area (Å²) in [5, 5.41) is 6.51. The lowest BCUT2D eigenvalue weighted by molar-refractivity contribution is 0.152. The van der Waals surface area contributed by atoms with Crippen LogP contribution in [0, 0.1) is 0 Å². The van der Waals surface area contributed by atoms with Crippen LogP contribution in [-0.4, -0.2) is 45.9 Å². The third-order valence-corrected chi connectivity index (χ3v) is 3.11. The van der Waals surface area contributed by atoms with Gasteiger partial charge in [-0.3, -0.25) is 4.99 Å². The molecule has 0 saturated heterocycles. The first-order chi connectivity index (χ1) is 10.8. The standard InChI is InChI=1S/C17H29N3O2/c1-4-18-17(20-12-13-22-5-2)19-11-7-9-15-8-6-10-16(14-15)21-3/h6,8,10,14H,4-5,7,9,11-13H2,1-3H3,(H2,18,19,20). The minimum absolute atomic E-state index is 0.699. The first kappa shape index (κ1) is 18.3. The van der Waals surface area contributed by atoms with Crippen LogP contribution in [0.3, 0.4) is 0 Å². The average Bonchev–Trinajstić information content (AvgIpc) is 2.55. The molecule has 0 atom stereocenters. The van der Waals surface area contributed by atoms with Crippen LogP contribution >= 0.6 is 0 Å². The van der Waals surface area contributed by atoms with Crippen LogP contribution in [-0.2, 0) is 11.2 Å². The highest BCUT2D eigenvalue weighted by Gasteiger charge is 1.98. The minimum Gasteiger partial charge on any atom is -0.497 e. The summed E-state index contributed by atoms with van der Waals surface area (Å²) in [7, 11) is 1.69. The van der Waals surface area contributed by atoms with Gasteiger partial charge in [-0.25, -0.2) is 0 Å². The van der Waals surface area contributed by atoms with Gasteiger partial charge in [0, 0.05) is 26.2 Å². The lowest BCUT2D eigenvalue weighted by Crippen LogP contribution is -2.39. The van der Waals surface area contributed by atoms with Gasteiger partial charge >= 0.3 is 0 Å². The monoisotopic (exact) mass is 307 g/mol. The number of ether oxygens (including phenoxy) is 2. The number of rotatable bonds is 10. The molecule has 0 spiro atoms. The van der Waals surface area contributed by atoms with Gasteiger partial charge in [-0.1, -0.05) is 12.1 Å². The summed E-state index contributed by atoms with van der Waals surface area (Å²) in [6.45, 7) is 7.93. The van der Waals surface area contributed by atoms with Crippen LogP contribution in [0.1, 0.15) is 25.8 Å². The minimum atomic E-state index is 0.699. The summed E-state index contributed by atoms with van der Waals surface area (Å²) in [6, 6.07) is 8.19. The molecule has 1 rings (SSSR count). The molecule has 2 N–H and O–H groups in total. The van der Waals surface area contributed by atoms with E-state index in [1.807, 2.05) is 19.1 Å². The molecule has 0 heterocycles. The average molecular weight is 307 g/mol. The molecule has 0 fully saturated rings.